The summed E-state index contributed by atoms with van der Waals surface area (Å²) in [6, 6.07) is 7.55. The van der Waals surface area contributed by atoms with Crippen molar-refractivity contribution in [2.75, 3.05) is 0 Å². The van der Waals surface area contributed by atoms with E-state index in [1.165, 1.54) is 0 Å². The molecule has 3 heteroatoms. The Labute approximate surface area is 113 Å². The van der Waals surface area contributed by atoms with Gasteiger partial charge in [0.2, 0.25) is 0 Å². The van der Waals surface area contributed by atoms with Crippen LogP contribution in [0.15, 0.2) is 47.5 Å². The summed E-state index contributed by atoms with van der Waals surface area (Å²) in [5.74, 6) is 0.0755. The number of nitrogens with zero attached hydrogens (tertiary/aromatic N) is 1. The van der Waals surface area contributed by atoms with Crippen molar-refractivity contribution in [2.45, 2.75) is 20.8 Å². The molecule has 0 aliphatic carbocycles. The minimum Gasteiger partial charge on any atom is -0.295 e. The molecule has 0 atom stereocenters. The Kier molecular flexibility index (Phi) is 5.61. The van der Waals surface area contributed by atoms with E-state index in [0.717, 1.165) is 28.8 Å². The highest BCUT2D eigenvalue weighted by Gasteiger charge is 1.99. The minimum atomic E-state index is 0.0755. The summed E-state index contributed by atoms with van der Waals surface area (Å²) in [5.41, 5.74) is 3.69. The Morgan fingerprint density at radius 2 is 1.68 bits per heavy atom. The average molecular weight is 254 g/mol. The molecule has 0 aliphatic rings. The van der Waals surface area contributed by atoms with E-state index in [2.05, 4.69) is 4.99 Å². The topological polar surface area (TPSA) is 53.3 Å². The standard InChI is InChI=1S/C16H18N2O/c1-12(5-4-6-13(2)18-11-17)15-7-9-16(10-8-15)14(3)19/h4-11,17H,1-3H3/b6-4-,12-5+,17-11?,18-13+. The van der Waals surface area contributed by atoms with Crippen LogP contribution in [0.25, 0.3) is 5.57 Å². The second-order valence-corrected chi connectivity index (χ2v) is 4.24. The van der Waals surface area contributed by atoms with Gasteiger partial charge in [-0.2, -0.15) is 0 Å². The molecule has 19 heavy (non-hydrogen) atoms. The quantitative estimate of drug-likeness (QED) is 0.368. The van der Waals surface area contributed by atoms with Gasteiger partial charge < -0.3 is 0 Å². The summed E-state index contributed by atoms with van der Waals surface area (Å²) in [6.07, 6.45) is 6.75. The number of Topliss-reactive ketones (excluding diaryl/α,β-unsaturated/α-hetero) is 1. The number of hydrogen-bond donors (Lipinski definition) is 1. The molecule has 3 nitrogen and oxygen atoms in total. The number of ketones is 1. The molecule has 1 aromatic carbocycles. The van der Waals surface area contributed by atoms with Crippen LogP contribution in [0, 0.1) is 5.41 Å². The molecule has 0 unspecified atom stereocenters. The maximum absolute atomic E-state index is 11.2. The van der Waals surface area contributed by atoms with Gasteiger partial charge in [0, 0.05) is 11.3 Å². The van der Waals surface area contributed by atoms with Crippen LogP contribution in [0.1, 0.15) is 36.7 Å². The van der Waals surface area contributed by atoms with Gasteiger partial charge >= 0.3 is 0 Å². The first kappa shape index (κ1) is 14.8. The van der Waals surface area contributed by atoms with Crippen molar-refractivity contribution in [3.63, 3.8) is 0 Å². The van der Waals surface area contributed by atoms with Crippen LogP contribution < -0.4 is 0 Å². The normalized spacial score (nSPS) is 12.8. The van der Waals surface area contributed by atoms with Crippen LogP contribution in [-0.2, 0) is 0 Å². The molecule has 0 saturated carbocycles. The van der Waals surface area contributed by atoms with Gasteiger partial charge in [0.1, 0.15) is 6.34 Å². The molecule has 0 saturated heterocycles. The zero-order chi connectivity index (χ0) is 14.3. The Morgan fingerprint density at radius 3 is 2.21 bits per heavy atom. The van der Waals surface area contributed by atoms with E-state index in [9.17, 15) is 4.79 Å². The van der Waals surface area contributed by atoms with Crippen molar-refractivity contribution in [3.05, 3.63) is 53.6 Å². The van der Waals surface area contributed by atoms with E-state index in [4.69, 9.17) is 5.41 Å². The van der Waals surface area contributed by atoms with Gasteiger partial charge in [0.15, 0.2) is 5.78 Å². The van der Waals surface area contributed by atoms with Gasteiger partial charge in [-0.05, 0) is 38.0 Å². The summed E-state index contributed by atoms with van der Waals surface area (Å²) in [4.78, 5) is 15.0. The molecule has 1 rings (SSSR count). The number of rotatable bonds is 5. The molecule has 0 aromatic heterocycles. The lowest BCUT2D eigenvalue weighted by molar-refractivity contribution is 0.101. The van der Waals surface area contributed by atoms with Crippen LogP contribution in [0.3, 0.4) is 0 Å². The van der Waals surface area contributed by atoms with Crippen LogP contribution in [0.2, 0.25) is 0 Å². The van der Waals surface area contributed by atoms with E-state index in [-0.39, 0.29) is 5.78 Å². The third-order valence-corrected chi connectivity index (χ3v) is 2.70. The molecule has 98 valence electrons. The van der Waals surface area contributed by atoms with Crippen molar-refractivity contribution in [3.8, 4) is 0 Å². The lowest BCUT2D eigenvalue weighted by Gasteiger charge is -2.01. The summed E-state index contributed by atoms with van der Waals surface area (Å²) < 4.78 is 0. The number of nitrogens with one attached hydrogen (secondary N) is 1. The molecular weight excluding hydrogens is 236 g/mol. The lowest BCUT2D eigenvalue weighted by atomic mass is 10.0. The third kappa shape index (κ3) is 4.84. The lowest BCUT2D eigenvalue weighted by Crippen LogP contribution is -1.91. The minimum absolute atomic E-state index is 0.0755. The molecule has 0 bridgehead atoms. The molecule has 0 spiro atoms. The van der Waals surface area contributed by atoms with E-state index in [1.807, 2.05) is 56.3 Å². The first-order valence-corrected chi connectivity index (χ1v) is 6.04. The Morgan fingerprint density at radius 1 is 1.11 bits per heavy atom. The van der Waals surface area contributed by atoms with Crippen LogP contribution in [0.5, 0.6) is 0 Å². The molecule has 0 aliphatic heterocycles. The third-order valence-electron chi connectivity index (χ3n) is 2.70. The first-order valence-electron chi connectivity index (χ1n) is 6.04. The molecule has 1 aromatic rings. The number of benzene rings is 1. The van der Waals surface area contributed by atoms with Crippen LogP contribution in [0.4, 0.5) is 0 Å². The van der Waals surface area contributed by atoms with Crippen LogP contribution >= 0.6 is 0 Å². The van der Waals surface area contributed by atoms with Gasteiger partial charge in [-0.1, -0.05) is 36.4 Å². The van der Waals surface area contributed by atoms with Gasteiger partial charge in [-0.15, -0.1) is 0 Å². The monoisotopic (exact) mass is 254 g/mol. The fourth-order valence-electron chi connectivity index (χ4n) is 1.54. The molecule has 1 N–H and O–H groups in total. The van der Waals surface area contributed by atoms with Crippen molar-refractivity contribution < 1.29 is 4.79 Å². The summed E-state index contributed by atoms with van der Waals surface area (Å²) in [6.45, 7) is 5.41. The van der Waals surface area contributed by atoms with Crippen molar-refractivity contribution >= 4 is 23.4 Å². The molecule has 0 fully saturated rings. The van der Waals surface area contributed by atoms with E-state index in [1.54, 1.807) is 6.92 Å². The highest BCUT2D eigenvalue weighted by Crippen LogP contribution is 2.15. The molecule has 0 heterocycles. The first-order chi connectivity index (χ1) is 9.04. The van der Waals surface area contributed by atoms with Gasteiger partial charge in [-0.3, -0.25) is 10.2 Å². The zero-order valence-corrected chi connectivity index (χ0v) is 11.5. The second-order valence-electron chi connectivity index (χ2n) is 4.24. The fraction of sp³-hybridized carbons (Fsp3) is 0.188. The number of hydrogen-bond acceptors (Lipinski definition) is 2. The smallest absolute Gasteiger partial charge is 0.159 e. The number of carbonyl (C=O) groups excluding carboxylic acids is 1. The Balaban J connectivity index is 2.82. The highest BCUT2D eigenvalue weighted by atomic mass is 16.1. The highest BCUT2D eigenvalue weighted by molar-refractivity contribution is 5.97. The maximum atomic E-state index is 11.2. The van der Waals surface area contributed by atoms with Gasteiger partial charge in [-0.25, -0.2) is 4.99 Å². The number of aliphatic imine (C=N–C) groups is 1. The summed E-state index contributed by atoms with van der Waals surface area (Å²) >= 11 is 0. The SMILES string of the molecule is CC(=O)c1ccc(/C(C)=C/C=C\C(C)=N\C=N)cc1. The Hall–Kier alpha value is -2.29. The average Bonchev–Trinajstić information content (AvgIpc) is 2.39. The van der Waals surface area contributed by atoms with Crippen molar-refractivity contribution in [2.24, 2.45) is 4.99 Å². The number of carbonyl (C=O) groups is 1. The zero-order valence-electron chi connectivity index (χ0n) is 11.5. The summed E-state index contributed by atoms with van der Waals surface area (Å²) in [5, 5.41) is 6.85. The van der Waals surface area contributed by atoms with E-state index >= 15 is 0 Å². The number of allylic oxidation sites excluding steroid dienone is 4. The molecular formula is C16H18N2O. The molecule has 0 radical (unpaired) electrons. The van der Waals surface area contributed by atoms with Gasteiger partial charge in [0.25, 0.3) is 0 Å². The van der Waals surface area contributed by atoms with E-state index in [0.29, 0.717) is 0 Å². The van der Waals surface area contributed by atoms with Crippen molar-refractivity contribution in [1.82, 2.24) is 0 Å². The van der Waals surface area contributed by atoms with Gasteiger partial charge in [0.05, 0.1) is 0 Å². The second kappa shape index (κ2) is 7.21. The van der Waals surface area contributed by atoms with E-state index < -0.39 is 0 Å². The van der Waals surface area contributed by atoms with Crippen molar-refractivity contribution in [1.29, 1.82) is 5.41 Å². The largest absolute Gasteiger partial charge is 0.295 e. The molecule has 0 amide bonds. The maximum Gasteiger partial charge on any atom is 0.159 e. The predicted octanol–water partition coefficient (Wildman–Crippen LogP) is 3.92. The Bertz CT molecular complexity index is 549. The summed E-state index contributed by atoms with van der Waals surface area (Å²) in [7, 11) is 0. The van der Waals surface area contributed by atoms with Crippen LogP contribution in [-0.4, -0.2) is 17.8 Å². The fourth-order valence-corrected chi connectivity index (χ4v) is 1.54. The predicted molar refractivity (Wildman–Crippen MR) is 81.1 cm³/mol.